The van der Waals surface area contributed by atoms with Gasteiger partial charge >= 0.3 is 12.0 Å². The van der Waals surface area contributed by atoms with E-state index < -0.39 is 18.1 Å². The van der Waals surface area contributed by atoms with Crippen molar-refractivity contribution in [2.75, 3.05) is 11.4 Å². The molecule has 1 saturated carbocycles. The minimum Gasteiger partial charge on any atom is -0.449 e. The van der Waals surface area contributed by atoms with E-state index in [9.17, 15) is 19.2 Å². The van der Waals surface area contributed by atoms with Crippen LogP contribution in [-0.2, 0) is 20.9 Å². The van der Waals surface area contributed by atoms with E-state index in [2.05, 4.69) is 10.3 Å². The first-order chi connectivity index (χ1) is 15.9. The summed E-state index contributed by atoms with van der Waals surface area (Å²) in [7, 11) is 0. The number of rotatable bonds is 7. The number of aromatic nitrogens is 1. The van der Waals surface area contributed by atoms with E-state index in [0.717, 1.165) is 37.0 Å². The number of benzene rings is 1. The summed E-state index contributed by atoms with van der Waals surface area (Å²) in [6.07, 6.45) is 5.74. The molecule has 2 aromatic rings. The second kappa shape index (κ2) is 10.1. The molecule has 1 aromatic heterocycles. The Morgan fingerprint density at radius 1 is 1.27 bits per heavy atom. The zero-order chi connectivity index (χ0) is 23.4. The average molecular weight is 471 g/mol. The molecular weight excluding hydrogens is 444 g/mol. The van der Waals surface area contributed by atoms with Gasteiger partial charge in [-0.3, -0.25) is 19.4 Å². The van der Waals surface area contributed by atoms with Gasteiger partial charge in [-0.05, 0) is 37.5 Å². The first-order valence-corrected chi connectivity index (χ1v) is 11.9. The summed E-state index contributed by atoms with van der Waals surface area (Å²) in [5.74, 6) is -1.25. The molecule has 9 nitrogen and oxygen atoms in total. The lowest BCUT2D eigenvalue weighted by Gasteiger charge is -2.33. The predicted octanol–water partition coefficient (Wildman–Crippen LogP) is 3.11. The van der Waals surface area contributed by atoms with Gasteiger partial charge in [0.2, 0.25) is 5.91 Å². The Bertz CT molecular complexity index is 1020. The van der Waals surface area contributed by atoms with Crippen LogP contribution in [0.5, 0.6) is 0 Å². The molecule has 2 aliphatic rings. The highest BCUT2D eigenvalue weighted by molar-refractivity contribution is 7.13. The molecule has 2 heterocycles. The molecule has 1 aromatic carbocycles. The number of urea groups is 1. The Balaban J connectivity index is 1.44. The Hall–Kier alpha value is -3.27. The summed E-state index contributed by atoms with van der Waals surface area (Å²) in [5, 5.41) is 4.91. The summed E-state index contributed by atoms with van der Waals surface area (Å²) < 4.78 is 5.52. The van der Waals surface area contributed by atoms with E-state index in [1.807, 2.05) is 5.38 Å². The number of nitrogens with one attached hydrogen (secondary N) is 1. The van der Waals surface area contributed by atoms with E-state index in [4.69, 9.17) is 4.74 Å². The molecule has 10 heteroatoms. The van der Waals surface area contributed by atoms with Gasteiger partial charge in [0.25, 0.3) is 5.91 Å². The summed E-state index contributed by atoms with van der Waals surface area (Å²) in [4.78, 5) is 56.8. The minimum absolute atomic E-state index is 0.0310. The van der Waals surface area contributed by atoms with Crippen molar-refractivity contribution in [3.63, 3.8) is 0 Å². The lowest BCUT2D eigenvalue weighted by Crippen LogP contribution is -2.47. The standard InChI is InChI=1S/C23H26N4O5S/c1-15(20(29)27(23-24-10-11-33-23)18-8-3-2-4-9-18)32-21(30)17-7-5-6-16(12-17)14-26-19(28)13-25-22(26)31/h5-7,10-12,15,18H,2-4,8-9,13-14H2,1H3,(H,25,31)/t15-/m1/s1. The van der Waals surface area contributed by atoms with E-state index >= 15 is 0 Å². The zero-order valence-electron chi connectivity index (χ0n) is 18.4. The quantitative estimate of drug-likeness (QED) is 0.492. The molecule has 0 bridgehead atoms. The fraction of sp³-hybridized carbons (Fsp3) is 0.435. The topological polar surface area (TPSA) is 109 Å². The van der Waals surface area contributed by atoms with E-state index in [1.165, 1.54) is 11.3 Å². The fourth-order valence-corrected chi connectivity index (χ4v) is 4.89. The lowest BCUT2D eigenvalue weighted by molar-refractivity contribution is -0.127. The normalized spacial score (nSPS) is 17.5. The second-order valence-electron chi connectivity index (χ2n) is 8.20. The molecule has 1 saturated heterocycles. The Morgan fingerprint density at radius 3 is 2.73 bits per heavy atom. The molecule has 33 heavy (non-hydrogen) atoms. The third-order valence-electron chi connectivity index (χ3n) is 5.87. The number of ether oxygens (including phenoxy) is 1. The van der Waals surface area contributed by atoms with Crippen LogP contribution < -0.4 is 10.2 Å². The van der Waals surface area contributed by atoms with Gasteiger partial charge in [0.15, 0.2) is 11.2 Å². The molecule has 2 fully saturated rings. The van der Waals surface area contributed by atoms with E-state index in [0.29, 0.717) is 10.7 Å². The van der Waals surface area contributed by atoms with Crippen LogP contribution in [-0.4, -0.2) is 52.4 Å². The molecule has 1 aliphatic heterocycles. The summed E-state index contributed by atoms with van der Waals surface area (Å²) in [6.45, 7) is 1.59. The fourth-order valence-electron chi connectivity index (χ4n) is 4.17. The number of amides is 4. The highest BCUT2D eigenvalue weighted by atomic mass is 32.1. The highest BCUT2D eigenvalue weighted by Gasteiger charge is 2.33. The average Bonchev–Trinajstić information content (AvgIpc) is 3.46. The first-order valence-electron chi connectivity index (χ1n) is 11.0. The third kappa shape index (κ3) is 5.22. The van der Waals surface area contributed by atoms with Gasteiger partial charge in [0.1, 0.15) is 0 Å². The van der Waals surface area contributed by atoms with Crippen molar-refractivity contribution in [3.8, 4) is 0 Å². The number of esters is 1. The number of thiazole rings is 1. The van der Waals surface area contributed by atoms with Crippen molar-refractivity contribution in [3.05, 3.63) is 47.0 Å². The van der Waals surface area contributed by atoms with Gasteiger partial charge in [-0.25, -0.2) is 14.6 Å². The molecule has 0 spiro atoms. The van der Waals surface area contributed by atoms with Gasteiger partial charge in [-0.1, -0.05) is 31.4 Å². The molecule has 4 amide bonds. The Morgan fingerprint density at radius 2 is 2.06 bits per heavy atom. The molecule has 1 atom stereocenters. The maximum atomic E-state index is 13.3. The number of hydrogen-bond acceptors (Lipinski definition) is 7. The van der Waals surface area contributed by atoms with Crippen molar-refractivity contribution in [1.29, 1.82) is 0 Å². The number of nitrogens with zero attached hydrogens (tertiary/aromatic N) is 3. The van der Waals surface area contributed by atoms with Gasteiger partial charge in [0, 0.05) is 17.6 Å². The number of imide groups is 1. The lowest BCUT2D eigenvalue weighted by atomic mass is 9.94. The molecule has 4 rings (SSSR count). The monoisotopic (exact) mass is 470 g/mol. The van der Waals surface area contributed by atoms with Crippen molar-refractivity contribution in [2.45, 2.75) is 57.7 Å². The second-order valence-corrected chi connectivity index (χ2v) is 9.07. The van der Waals surface area contributed by atoms with Gasteiger partial charge in [-0.15, -0.1) is 11.3 Å². The zero-order valence-corrected chi connectivity index (χ0v) is 19.2. The van der Waals surface area contributed by atoms with Crippen LogP contribution in [0.1, 0.15) is 54.9 Å². The maximum Gasteiger partial charge on any atom is 0.338 e. The first kappa shape index (κ1) is 22.9. The van der Waals surface area contributed by atoms with Crippen molar-refractivity contribution in [1.82, 2.24) is 15.2 Å². The molecule has 1 aliphatic carbocycles. The number of carbonyl (C=O) groups excluding carboxylic acids is 4. The minimum atomic E-state index is -0.988. The highest BCUT2D eigenvalue weighted by Crippen LogP contribution is 2.29. The Kier molecular flexibility index (Phi) is 7.02. The smallest absolute Gasteiger partial charge is 0.338 e. The molecule has 0 unspecified atom stereocenters. The SMILES string of the molecule is C[C@@H](OC(=O)c1cccc(CN2C(=O)CNC2=O)c1)C(=O)N(c1nccs1)C1CCCCC1. The van der Waals surface area contributed by atoms with E-state index in [-0.39, 0.29) is 36.5 Å². The molecule has 1 N–H and O–H groups in total. The van der Waals surface area contributed by atoms with E-state index in [1.54, 1.807) is 42.3 Å². The van der Waals surface area contributed by atoms with Crippen LogP contribution in [0.2, 0.25) is 0 Å². The van der Waals surface area contributed by atoms with Gasteiger partial charge in [0.05, 0.1) is 18.7 Å². The van der Waals surface area contributed by atoms with Gasteiger partial charge in [-0.2, -0.15) is 0 Å². The van der Waals surface area contributed by atoms with Gasteiger partial charge < -0.3 is 10.1 Å². The van der Waals surface area contributed by atoms with Crippen LogP contribution in [0.4, 0.5) is 9.93 Å². The van der Waals surface area contributed by atoms with Crippen LogP contribution in [0.3, 0.4) is 0 Å². The van der Waals surface area contributed by atoms with Crippen LogP contribution in [0.15, 0.2) is 35.8 Å². The summed E-state index contributed by atoms with van der Waals surface area (Å²) >= 11 is 1.39. The number of carbonyl (C=O) groups is 4. The van der Waals surface area contributed by atoms with Crippen molar-refractivity contribution >= 4 is 40.3 Å². The molecule has 0 radical (unpaired) electrons. The molecular formula is C23H26N4O5S. The van der Waals surface area contributed by atoms with Crippen LogP contribution in [0.25, 0.3) is 0 Å². The Labute approximate surface area is 195 Å². The predicted molar refractivity (Wildman–Crippen MR) is 122 cm³/mol. The van der Waals surface area contributed by atoms with Crippen LogP contribution >= 0.6 is 11.3 Å². The third-order valence-corrected chi connectivity index (χ3v) is 6.65. The van der Waals surface area contributed by atoms with Crippen LogP contribution in [0, 0.1) is 0 Å². The largest absolute Gasteiger partial charge is 0.449 e. The van der Waals surface area contributed by atoms with Crippen molar-refractivity contribution in [2.24, 2.45) is 0 Å². The number of hydrogen-bond donors (Lipinski definition) is 1. The summed E-state index contributed by atoms with van der Waals surface area (Å²) in [5.41, 5.74) is 0.859. The molecule has 174 valence electrons. The maximum absolute atomic E-state index is 13.3. The van der Waals surface area contributed by atoms with Crippen molar-refractivity contribution < 1.29 is 23.9 Å². The number of anilines is 1. The summed E-state index contributed by atoms with van der Waals surface area (Å²) in [6, 6.07) is 6.11.